The van der Waals surface area contributed by atoms with Crippen LogP contribution in [0.5, 0.6) is 0 Å². The third-order valence-corrected chi connectivity index (χ3v) is 3.65. The first-order chi connectivity index (χ1) is 9.94. The SMILES string of the molecule is C[C@H]1C[C@H]2OC(C)(C)O[C@@H]2[C@H](OC(=O)c2ccccc2)O1. The third-order valence-electron chi connectivity index (χ3n) is 3.65. The molecule has 3 rings (SSSR count). The van der Waals surface area contributed by atoms with Crippen molar-refractivity contribution in [1.82, 2.24) is 0 Å². The highest BCUT2D eigenvalue weighted by molar-refractivity contribution is 5.89. The molecule has 0 amide bonds. The quantitative estimate of drug-likeness (QED) is 0.784. The molecule has 5 heteroatoms. The largest absolute Gasteiger partial charge is 0.429 e. The van der Waals surface area contributed by atoms with Gasteiger partial charge in [-0.05, 0) is 32.9 Å². The fourth-order valence-electron chi connectivity index (χ4n) is 2.81. The molecule has 5 nitrogen and oxygen atoms in total. The summed E-state index contributed by atoms with van der Waals surface area (Å²) in [6.07, 6.45) is -0.556. The van der Waals surface area contributed by atoms with Crippen LogP contribution in [0.4, 0.5) is 0 Å². The van der Waals surface area contributed by atoms with Crippen molar-refractivity contribution in [3.05, 3.63) is 35.9 Å². The Kier molecular flexibility index (Phi) is 3.73. The molecule has 1 aromatic carbocycles. The second kappa shape index (κ2) is 5.40. The van der Waals surface area contributed by atoms with Crippen LogP contribution in [-0.2, 0) is 18.9 Å². The van der Waals surface area contributed by atoms with E-state index in [2.05, 4.69) is 0 Å². The van der Waals surface area contributed by atoms with Gasteiger partial charge in [-0.1, -0.05) is 18.2 Å². The molecule has 2 saturated heterocycles. The van der Waals surface area contributed by atoms with Gasteiger partial charge in [0.25, 0.3) is 0 Å². The normalized spacial score (nSPS) is 34.2. The number of esters is 1. The minimum Gasteiger partial charge on any atom is -0.429 e. The molecule has 21 heavy (non-hydrogen) atoms. The Hall–Kier alpha value is -1.43. The molecule has 0 unspecified atom stereocenters. The van der Waals surface area contributed by atoms with E-state index in [1.165, 1.54) is 0 Å². The van der Waals surface area contributed by atoms with Crippen LogP contribution in [0.25, 0.3) is 0 Å². The molecule has 0 spiro atoms. The highest BCUT2D eigenvalue weighted by Crippen LogP contribution is 2.37. The molecule has 0 aliphatic carbocycles. The first-order valence-corrected chi connectivity index (χ1v) is 7.22. The monoisotopic (exact) mass is 292 g/mol. The Morgan fingerprint density at radius 2 is 1.95 bits per heavy atom. The van der Waals surface area contributed by atoms with Gasteiger partial charge >= 0.3 is 5.97 Å². The standard InChI is InChI=1S/C16H20O5/c1-10-9-12-13(21-16(2,3)20-12)15(18-10)19-14(17)11-7-5-4-6-8-11/h4-8,10,12-13,15H,9H2,1-3H3/t10-,12+,13-,15-/m0/s1. The van der Waals surface area contributed by atoms with Gasteiger partial charge in [0.2, 0.25) is 6.29 Å². The molecule has 0 bridgehead atoms. The van der Waals surface area contributed by atoms with E-state index in [0.29, 0.717) is 5.56 Å². The van der Waals surface area contributed by atoms with Crippen molar-refractivity contribution < 1.29 is 23.7 Å². The highest BCUT2D eigenvalue weighted by atomic mass is 16.8. The number of ether oxygens (including phenoxy) is 4. The topological polar surface area (TPSA) is 54.0 Å². The average Bonchev–Trinajstić information content (AvgIpc) is 2.74. The molecule has 2 aliphatic rings. The summed E-state index contributed by atoms with van der Waals surface area (Å²) in [6.45, 7) is 5.65. The van der Waals surface area contributed by atoms with Gasteiger partial charge in [-0.2, -0.15) is 0 Å². The van der Waals surface area contributed by atoms with Crippen LogP contribution in [0.3, 0.4) is 0 Å². The number of fused-ring (bicyclic) bond motifs is 1. The Morgan fingerprint density at radius 3 is 2.67 bits per heavy atom. The smallest absolute Gasteiger partial charge is 0.340 e. The Bertz CT molecular complexity index is 513. The maximum Gasteiger partial charge on any atom is 0.340 e. The molecular formula is C16H20O5. The van der Waals surface area contributed by atoms with Crippen LogP contribution in [0.15, 0.2) is 30.3 Å². The summed E-state index contributed by atoms with van der Waals surface area (Å²) in [4.78, 5) is 12.2. The fourth-order valence-corrected chi connectivity index (χ4v) is 2.81. The lowest BCUT2D eigenvalue weighted by Gasteiger charge is -2.34. The van der Waals surface area contributed by atoms with E-state index < -0.39 is 18.0 Å². The molecule has 2 fully saturated rings. The predicted molar refractivity (Wildman–Crippen MR) is 74.6 cm³/mol. The van der Waals surface area contributed by atoms with E-state index >= 15 is 0 Å². The number of carbonyl (C=O) groups excluding carboxylic acids is 1. The lowest BCUT2D eigenvalue weighted by Crippen LogP contribution is -2.48. The third kappa shape index (κ3) is 3.10. The lowest BCUT2D eigenvalue weighted by atomic mass is 10.0. The van der Waals surface area contributed by atoms with E-state index in [9.17, 15) is 4.79 Å². The van der Waals surface area contributed by atoms with Crippen LogP contribution in [0.1, 0.15) is 37.6 Å². The summed E-state index contributed by atoms with van der Waals surface area (Å²) in [6, 6.07) is 8.86. The molecular weight excluding hydrogens is 272 g/mol. The zero-order chi connectivity index (χ0) is 15.0. The number of rotatable bonds is 2. The lowest BCUT2D eigenvalue weighted by molar-refractivity contribution is -0.225. The van der Waals surface area contributed by atoms with Crippen LogP contribution < -0.4 is 0 Å². The molecule has 1 aromatic rings. The van der Waals surface area contributed by atoms with Crippen molar-refractivity contribution in [3.8, 4) is 0 Å². The summed E-state index contributed by atoms with van der Waals surface area (Å²) < 4.78 is 22.9. The van der Waals surface area contributed by atoms with Gasteiger partial charge in [0.1, 0.15) is 6.10 Å². The van der Waals surface area contributed by atoms with Gasteiger partial charge in [-0.25, -0.2) is 4.79 Å². The van der Waals surface area contributed by atoms with Crippen molar-refractivity contribution in [2.45, 2.75) is 57.6 Å². The molecule has 0 radical (unpaired) electrons. The van der Waals surface area contributed by atoms with Crippen LogP contribution in [0, 0.1) is 0 Å². The second-order valence-corrected chi connectivity index (χ2v) is 5.96. The van der Waals surface area contributed by atoms with Crippen molar-refractivity contribution >= 4 is 5.97 Å². The first kappa shape index (κ1) is 14.5. The summed E-state index contributed by atoms with van der Waals surface area (Å²) in [5.74, 6) is -1.10. The Balaban J connectivity index is 1.73. The molecule has 0 aromatic heterocycles. The van der Waals surface area contributed by atoms with Crippen molar-refractivity contribution in [1.29, 1.82) is 0 Å². The van der Waals surface area contributed by atoms with Gasteiger partial charge < -0.3 is 18.9 Å². The summed E-state index contributed by atoms with van der Waals surface area (Å²) in [5.41, 5.74) is 0.494. The van der Waals surface area contributed by atoms with Crippen LogP contribution >= 0.6 is 0 Å². The first-order valence-electron chi connectivity index (χ1n) is 7.22. The van der Waals surface area contributed by atoms with Crippen molar-refractivity contribution in [3.63, 3.8) is 0 Å². The minimum absolute atomic E-state index is 0.0441. The minimum atomic E-state index is -0.742. The Morgan fingerprint density at radius 1 is 1.24 bits per heavy atom. The van der Waals surface area contributed by atoms with Crippen molar-refractivity contribution in [2.75, 3.05) is 0 Å². The van der Waals surface area contributed by atoms with E-state index in [1.807, 2.05) is 26.8 Å². The zero-order valence-electron chi connectivity index (χ0n) is 12.4. The number of benzene rings is 1. The summed E-state index contributed by atoms with van der Waals surface area (Å²) in [5, 5.41) is 0. The molecule has 2 heterocycles. The van der Waals surface area contributed by atoms with Gasteiger partial charge in [0, 0.05) is 6.42 Å². The van der Waals surface area contributed by atoms with E-state index in [4.69, 9.17) is 18.9 Å². The molecule has 0 saturated carbocycles. The Labute approximate surface area is 124 Å². The average molecular weight is 292 g/mol. The van der Waals surface area contributed by atoms with Gasteiger partial charge in [0.05, 0.1) is 17.8 Å². The maximum absolute atomic E-state index is 12.2. The highest BCUT2D eigenvalue weighted by Gasteiger charge is 2.51. The molecule has 4 atom stereocenters. The number of hydrogen-bond acceptors (Lipinski definition) is 5. The number of carbonyl (C=O) groups is 1. The van der Waals surface area contributed by atoms with Gasteiger partial charge in [-0.3, -0.25) is 0 Å². The number of hydrogen-bond donors (Lipinski definition) is 0. The van der Waals surface area contributed by atoms with Crippen LogP contribution in [-0.4, -0.2) is 36.4 Å². The maximum atomic E-state index is 12.2. The fraction of sp³-hybridized carbons (Fsp3) is 0.562. The molecule has 2 aliphatic heterocycles. The van der Waals surface area contributed by atoms with E-state index in [0.717, 1.165) is 6.42 Å². The predicted octanol–water partition coefficient (Wildman–Crippen LogP) is 2.50. The van der Waals surface area contributed by atoms with Gasteiger partial charge in [0.15, 0.2) is 5.79 Å². The summed E-state index contributed by atoms with van der Waals surface area (Å²) in [7, 11) is 0. The zero-order valence-corrected chi connectivity index (χ0v) is 12.4. The van der Waals surface area contributed by atoms with E-state index in [-0.39, 0.29) is 18.3 Å². The van der Waals surface area contributed by atoms with Crippen molar-refractivity contribution in [2.24, 2.45) is 0 Å². The molecule has 114 valence electrons. The summed E-state index contributed by atoms with van der Waals surface area (Å²) >= 11 is 0. The van der Waals surface area contributed by atoms with Crippen LogP contribution in [0.2, 0.25) is 0 Å². The second-order valence-electron chi connectivity index (χ2n) is 5.96. The van der Waals surface area contributed by atoms with E-state index in [1.54, 1.807) is 24.3 Å². The van der Waals surface area contributed by atoms with Gasteiger partial charge in [-0.15, -0.1) is 0 Å². The molecule has 0 N–H and O–H groups in total.